The number of thioether (sulfide) groups is 1. The number of fused-ring (bicyclic) bond motifs is 2. The second-order valence-corrected chi connectivity index (χ2v) is 12.8. The van der Waals surface area contributed by atoms with E-state index in [4.69, 9.17) is 0 Å². The van der Waals surface area contributed by atoms with Crippen LogP contribution in [0, 0.1) is 13.8 Å². The number of amidine groups is 1. The van der Waals surface area contributed by atoms with Crippen LogP contribution in [-0.4, -0.2) is 74.3 Å². The van der Waals surface area contributed by atoms with Crippen LogP contribution in [-0.2, 0) is 17.9 Å². The molecule has 6 aromatic heterocycles. The maximum atomic E-state index is 10.9. The molecule has 51 heavy (non-hydrogen) atoms. The zero-order chi connectivity index (χ0) is 35.6. The molecule has 2 aliphatic rings. The van der Waals surface area contributed by atoms with Gasteiger partial charge < -0.3 is 20.7 Å². The molecule has 4 N–H and O–H groups in total. The van der Waals surface area contributed by atoms with E-state index in [0.717, 1.165) is 51.2 Å². The van der Waals surface area contributed by atoms with Crippen molar-refractivity contribution in [2.75, 3.05) is 11.1 Å². The van der Waals surface area contributed by atoms with Gasteiger partial charge in [0.15, 0.2) is 22.4 Å². The first-order valence-corrected chi connectivity index (χ1v) is 17.2. The second kappa shape index (κ2) is 16.5. The van der Waals surface area contributed by atoms with Gasteiger partial charge in [-0.15, -0.1) is 0 Å². The smallest absolute Gasteiger partial charge is 0.236 e. The Hall–Kier alpha value is -6.20. The molecule has 6 aromatic rings. The number of carbonyl (C=O) groups excluding carboxylic acids is 2. The van der Waals surface area contributed by atoms with Crippen molar-refractivity contribution in [2.24, 2.45) is 9.98 Å². The summed E-state index contributed by atoms with van der Waals surface area (Å²) >= 11 is 2.78. The number of rotatable bonds is 7. The number of allylic oxidation sites excluding steroid dienone is 1. The SMILES string of the molecule is Cc1cnc(CN=C2NC(=O)CS2)cn1.Cc1cnc(CNc2nc(O)c(C=C3C=Nc4ncccc43)s2)cn1.O=Cc1c[nH]c2ncccc12. The molecule has 0 radical (unpaired) electrons. The summed E-state index contributed by atoms with van der Waals surface area (Å²) in [4.78, 5) is 62.5. The topological polar surface area (TPSA) is 209 Å². The number of carbonyl (C=O) groups is 2. The fraction of sp³-hybridized carbons (Fsp3) is 0.147. The molecule has 15 nitrogen and oxygen atoms in total. The molecule has 0 spiro atoms. The van der Waals surface area contributed by atoms with Crippen LogP contribution in [0.4, 0.5) is 10.9 Å². The van der Waals surface area contributed by atoms with E-state index in [2.05, 4.69) is 60.5 Å². The van der Waals surface area contributed by atoms with Crippen molar-refractivity contribution < 1.29 is 14.7 Å². The minimum Gasteiger partial charge on any atom is -0.492 e. The molecular formula is C34H30N12O3S2. The number of nitrogens with one attached hydrogen (secondary N) is 3. The Morgan fingerprint density at radius 1 is 0.980 bits per heavy atom. The Labute approximate surface area is 299 Å². The van der Waals surface area contributed by atoms with E-state index in [9.17, 15) is 14.7 Å². The third-order valence-corrected chi connectivity index (χ3v) is 8.88. The van der Waals surface area contributed by atoms with E-state index in [1.54, 1.807) is 49.6 Å². The van der Waals surface area contributed by atoms with Crippen molar-refractivity contribution in [2.45, 2.75) is 26.9 Å². The highest BCUT2D eigenvalue weighted by Crippen LogP contribution is 2.35. The summed E-state index contributed by atoms with van der Waals surface area (Å²) in [7, 11) is 0. The molecule has 0 aromatic carbocycles. The number of anilines is 1. The number of aromatic hydroxyl groups is 1. The number of pyridine rings is 2. The molecule has 0 saturated carbocycles. The van der Waals surface area contributed by atoms with E-state index >= 15 is 0 Å². The number of aryl methyl sites for hydroxylation is 2. The maximum absolute atomic E-state index is 10.9. The first kappa shape index (κ1) is 34.7. The van der Waals surface area contributed by atoms with Gasteiger partial charge >= 0.3 is 0 Å². The fourth-order valence-corrected chi connectivity index (χ4v) is 5.98. The third-order valence-electron chi connectivity index (χ3n) is 7.02. The Bertz CT molecular complexity index is 2250. The summed E-state index contributed by atoms with van der Waals surface area (Å²) in [6.07, 6.45) is 16.3. The number of aromatic nitrogens is 8. The van der Waals surface area contributed by atoms with Gasteiger partial charge in [-0.1, -0.05) is 23.1 Å². The van der Waals surface area contributed by atoms with Gasteiger partial charge in [-0.2, -0.15) is 4.98 Å². The summed E-state index contributed by atoms with van der Waals surface area (Å²) in [6, 6.07) is 7.49. The number of aldehydes is 1. The maximum Gasteiger partial charge on any atom is 0.236 e. The predicted octanol–water partition coefficient (Wildman–Crippen LogP) is 5.09. The van der Waals surface area contributed by atoms with Gasteiger partial charge in [0.2, 0.25) is 11.8 Å². The Morgan fingerprint density at radius 2 is 1.75 bits per heavy atom. The number of aliphatic imine (C=N–C) groups is 2. The number of hydrogen-bond donors (Lipinski definition) is 4. The number of H-pyrrole nitrogens is 1. The molecule has 256 valence electrons. The number of thiazole rings is 1. The summed E-state index contributed by atoms with van der Waals surface area (Å²) in [6.45, 7) is 4.72. The fourth-order valence-electron chi connectivity index (χ4n) is 4.49. The largest absolute Gasteiger partial charge is 0.492 e. The minimum absolute atomic E-state index is 0.00809. The molecule has 8 heterocycles. The molecule has 0 atom stereocenters. The third kappa shape index (κ3) is 9.28. The predicted molar refractivity (Wildman–Crippen MR) is 198 cm³/mol. The highest BCUT2D eigenvalue weighted by molar-refractivity contribution is 8.15. The van der Waals surface area contributed by atoms with Crippen molar-refractivity contribution in [1.82, 2.24) is 45.2 Å². The average molecular weight is 719 g/mol. The van der Waals surface area contributed by atoms with Crippen molar-refractivity contribution in [3.05, 3.63) is 106 Å². The lowest BCUT2D eigenvalue weighted by atomic mass is 10.1. The van der Waals surface area contributed by atoms with Crippen LogP contribution in [0.15, 0.2) is 77.6 Å². The van der Waals surface area contributed by atoms with Crippen LogP contribution in [0.5, 0.6) is 5.88 Å². The number of nitrogens with zero attached hydrogens (tertiary/aromatic N) is 9. The molecule has 1 amide bonds. The quantitative estimate of drug-likeness (QED) is 0.159. The zero-order valence-corrected chi connectivity index (χ0v) is 28.9. The molecule has 17 heteroatoms. The molecule has 1 saturated heterocycles. The highest BCUT2D eigenvalue weighted by atomic mass is 32.2. The van der Waals surface area contributed by atoms with E-state index in [1.165, 1.54) is 23.1 Å². The van der Waals surface area contributed by atoms with Crippen LogP contribution >= 0.6 is 23.1 Å². The van der Waals surface area contributed by atoms with Gasteiger partial charge in [0.25, 0.3) is 0 Å². The minimum atomic E-state index is -0.0132. The van der Waals surface area contributed by atoms with E-state index in [0.29, 0.717) is 45.4 Å². The Morgan fingerprint density at radius 3 is 2.47 bits per heavy atom. The van der Waals surface area contributed by atoms with E-state index in [-0.39, 0.29) is 11.8 Å². The summed E-state index contributed by atoms with van der Waals surface area (Å²) in [5.41, 5.74) is 6.63. The van der Waals surface area contributed by atoms with Crippen molar-refractivity contribution in [3.8, 4) is 5.88 Å². The molecular weight excluding hydrogens is 689 g/mol. The van der Waals surface area contributed by atoms with Gasteiger partial charge in [0.05, 0.1) is 58.9 Å². The van der Waals surface area contributed by atoms with E-state index in [1.807, 2.05) is 44.2 Å². The molecule has 1 fully saturated rings. The lowest BCUT2D eigenvalue weighted by Crippen LogP contribution is -2.20. The van der Waals surface area contributed by atoms with Crippen LogP contribution < -0.4 is 10.6 Å². The molecule has 0 bridgehead atoms. The van der Waals surface area contributed by atoms with Crippen molar-refractivity contribution in [3.63, 3.8) is 0 Å². The lowest BCUT2D eigenvalue weighted by molar-refractivity contribution is -0.116. The Balaban J connectivity index is 0.000000146. The van der Waals surface area contributed by atoms with Crippen molar-refractivity contribution >= 4 is 80.3 Å². The highest BCUT2D eigenvalue weighted by Gasteiger charge is 2.17. The first-order chi connectivity index (χ1) is 24.8. The van der Waals surface area contributed by atoms with Gasteiger partial charge in [0.1, 0.15) is 5.65 Å². The van der Waals surface area contributed by atoms with Crippen LogP contribution in [0.25, 0.3) is 22.7 Å². The second-order valence-electron chi connectivity index (χ2n) is 10.8. The van der Waals surface area contributed by atoms with E-state index < -0.39 is 0 Å². The van der Waals surface area contributed by atoms with Gasteiger partial charge in [-0.3, -0.25) is 34.5 Å². The van der Waals surface area contributed by atoms with Crippen LogP contribution in [0.1, 0.15) is 43.6 Å². The number of amides is 1. The monoisotopic (exact) mass is 718 g/mol. The summed E-state index contributed by atoms with van der Waals surface area (Å²) in [5, 5.41) is 18.1. The van der Waals surface area contributed by atoms with Gasteiger partial charge in [0, 0.05) is 59.3 Å². The summed E-state index contributed by atoms with van der Waals surface area (Å²) < 4.78 is 0. The summed E-state index contributed by atoms with van der Waals surface area (Å²) in [5.74, 6) is 1.14. The Kier molecular flexibility index (Phi) is 11.2. The number of hydrogen-bond acceptors (Lipinski definition) is 15. The average Bonchev–Trinajstić information content (AvgIpc) is 3.95. The normalized spacial score (nSPS) is 14.4. The molecule has 8 rings (SSSR count). The molecule has 2 aliphatic heterocycles. The van der Waals surface area contributed by atoms with Gasteiger partial charge in [-0.25, -0.2) is 15.0 Å². The van der Waals surface area contributed by atoms with Crippen molar-refractivity contribution in [1.29, 1.82) is 0 Å². The van der Waals surface area contributed by atoms with Crippen LogP contribution in [0.3, 0.4) is 0 Å². The zero-order valence-electron chi connectivity index (χ0n) is 27.3. The molecule has 0 unspecified atom stereocenters. The standard InChI is InChI=1S/C17H14N6OS.C9H10N4OS.C8H6N2O/c1-10-6-20-12(8-19-10)9-22-17-23-16(24)14(25-17)5-11-7-21-15-13(11)3-2-4-18-15;1-6-2-11-7(3-10-6)4-12-9-13-8(14)5-15-9;11-5-6-4-10-8-7(6)2-1-3-9-8/h2-8,24H,9H2,1H3,(H,22,23);2-3H,4-5H2,1H3,(H,12,13,14);1-5H,(H,9,10). The number of aromatic amines is 1. The van der Waals surface area contributed by atoms with Gasteiger partial charge in [-0.05, 0) is 44.2 Å². The molecule has 0 aliphatic carbocycles. The van der Waals surface area contributed by atoms with Crippen LogP contribution in [0.2, 0.25) is 0 Å². The first-order valence-electron chi connectivity index (χ1n) is 15.4. The lowest BCUT2D eigenvalue weighted by Gasteiger charge is -2.01.